The number of hydrogen-bond donors (Lipinski definition) is 1. The van der Waals surface area contributed by atoms with Gasteiger partial charge in [-0.2, -0.15) is 0 Å². The molecule has 2 rings (SSSR count). The lowest BCUT2D eigenvalue weighted by Gasteiger charge is -2.03. The van der Waals surface area contributed by atoms with E-state index in [1.807, 2.05) is 25.2 Å². The van der Waals surface area contributed by atoms with Crippen molar-refractivity contribution < 1.29 is 4.39 Å². The number of nitrogens with zero attached hydrogens (tertiary/aromatic N) is 1. The normalized spacial score (nSPS) is 10.4. The van der Waals surface area contributed by atoms with E-state index in [0.29, 0.717) is 0 Å². The molecule has 3 heteroatoms. The van der Waals surface area contributed by atoms with Crippen molar-refractivity contribution in [2.45, 2.75) is 6.54 Å². The Bertz CT molecular complexity index is 466. The molecule has 0 aliphatic heterocycles. The average molecular weight is 216 g/mol. The molecule has 0 amide bonds. The second-order valence-electron chi connectivity index (χ2n) is 3.58. The molecule has 0 fully saturated rings. The zero-order valence-electron chi connectivity index (χ0n) is 9.07. The molecule has 0 bridgehead atoms. The van der Waals surface area contributed by atoms with E-state index < -0.39 is 0 Å². The highest BCUT2D eigenvalue weighted by Gasteiger charge is 2.00. The van der Waals surface area contributed by atoms with Crippen LogP contribution in [0.4, 0.5) is 4.39 Å². The summed E-state index contributed by atoms with van der Waals surface area (Å²) in [7, 11) is 1.88. The molecule has 0 unspecified atom stereocenters. The van der Waals surface area contributed by atoms with Crippen molar-refractivity contribution in [3.8, 4) is 11.1 Å². The summed E-state index contributed by atoms with van der Waals surface area (Å²) < 4.78 is 13.0. The van der Waals surface area contributed by atoms with E-state index in [1.165, 1.54) is 12.1 Å². The van der Waals surface area contributed by atoms with Crippen LogP contribution in [-0.4, -0.2) is 12.0 Å². The zero-order chi connectivity index (χ0) is 11.4. The summed E-state index contributed by atoms with van der Waals surface area (Å²) in [6.45, 7) is 0.740. The van der Waals surface area contributed by atoms with Crippen LogP contribution in [0.5, 0.6) is 0 Å². The quantitative estimate of drug-likeness (QED) is 0.853. The molecule has 2 nitrogen and oxygen atoms in total. The minimum atomic E-state index is -0.225. The van der Waals surface area contributed by atoms with E-state index in [2.05, 4.69) is 10.3 Å². The second-order valence-corrected chi connectivity index (χ2v) is 3.58. The van der Waals surface area contributed by atoms with Gasteiger partial charge in [-0.15, -0.1) is 0 Å². The highest BCUT2D eigenvalue weighted by molar-refractivity contribution is 5.62. The predicted octanol–water partition coefficient (Wildman–Crippen LogP) is 2.61. The lowest BCUT2D eigenvalue weighted by Crippen LogP contribution is -2.06. The van der Waals surface area contributed by atoms with Gasteiger partial charge >= 0.3 is 0 Å². The third-order valence-corrected chi connectivity index (χ3v) is 2.34. The number of nitrogens with one attached hydrogen (secondary N) is 1. The Hall–Kier alpha value is -1.74. The van der Waals surface area contributed by atoms with E-state index in [9.17, 15) is 4.39 Å². The summed E-state index contributed by atoms with van der Waals surface area (Å²) in [6.07, 6.45) is 1.77. The van der Waals surface area contributed by atoms with Crippen LogP contribution in [0.2, 0.25) is 0 Å². The molecule has 2 aromatic rings. The van der Waals surface area contributed by atoms with Crippen LogP contribution in [-0.2, 0) is 6.54 Å². The molecule has 82 valence electrons. The third-order valence-electron chi connectivity index (χ3n) is 2.34. The summed E-state index contributed by atoms with van der Waals surface area (Å²) in [4.78, 5) is 4.29. The van der Waals surface area contributed by atoms with E-state index in [1.54, 1.807) is 12.3 Å². The van der Waals surface area contributed by atoms with Crippen LogP contribution in [0.25, 0.3) is 11.1 Å². The molecule has 0 saturated carbocycles. The number of aromatic nitrogens is 1. The molecule has 0 saturated heterocycles. The van der Waals surface area contributed by atoms with Crippen molar-refractivity contribution in [3.63, 3.8) is 0 Å². The summed E-state index contributed by atoms with van der Waals surface area (Å²) in [5.74, 6) is -0.225. The standard InChI is InChI=1S/C13H13FN2/c1-15-9-13-6-5-11(8-16-13)10-3-2-4-12(14)7-10/h2-8,15H,9H2,1H3. The molecule has 16 heavy (non-hydrogen) atoms. The van der Waals surface area contributed by atoms with Crippen molar-refractivity contribution in [2.24, 2.45) is 0 Å². The van der Waals surface area contributed by atoms with Gasteiger partial charge < -0.3 is 5.32 Å². The van der Waals surface area contributed by atoms with Crippen LogP contribution in [0.3, 0.4) is 0 Å². The Morgan fingerprint density at radius 2 is 2.06 bits per heavy atom. The monoisotopic (exact) mass is 216 g/mol. The van der Waals surface area contributed by atoms with Gasteiger partial charge in [-0.05, 0) is 30.8 Å². The highest BCUT2D eigenvalue weighted by Crippen LogP contribution is 2.19. The Morgan fingerprint density at radius 3 is 2.69 bits per heavy atom. The zero-order valence-corrected chi connectivity index (χ0v) is 9.07. The number of rotatable bonds is 3. The molecule has 0 spiro atoms. The van der Waals surface area contributed by atoms with E-state index in [0.717, 1.165) is 23.4 Å². The number of benzene rings is 1. The Labute approximate surface area is 94.2 Å². The van der Waals surface area contributed by atoms with Crippen molar-refractivity contribution >= 4 is 0 Å². The van der Waals surface area contributed by atoms with Gasteiger partial charge in [0.05, 0.1) is 5.69 Å². The summed E-state index contributed by atoms with van der Waals surface area (Å²) in [6, 6.07) is 10.4. The maximum absolute atomic E-state index is 13.0. The average Bonchev–Trinajstić information content (AvgIpc) is 2.30. The largest absolute Gasteiger partial charge is 0.314 e. The van der Waals surface area contributed by atoms with Crippen LogP contribution >= 0.6 is 0 Å². The van der Waals surface area contributed by atoms with E-state index in [4.69, 9.17) is 0 Å². The van der Waals surface area contributed by atoms with Gasteiger partial charge in [0, 0.05) is 18.3 Å². The van der Waals surface area contributed by atoms with Crippen LogP contribution < -0.4 is 5.32 Å². The lowest BCUT2D eigenvalue weighted by atomic mass is 10.1. The van der Waals surface area contributed by atoms with Gasteiger partial charge in [0.25, 0.3) is 0 Å². The second kappa shape index (κ2) is 4.86. The van der Waals surface area contributed by atoms with E-state index >= 15 is 0 Å². The van der Waals surface area contributed by atoms with Crippen LogP contribution in [0, 0.1) is 5.82 Å². The first-order valence-corrected chi connectivity index (χ1v) is 5.15. The number of hydrogen-bond acceptors (Lipinski definition) is 2. The van der Waals surface area contributed by atoms with Gasteiger partial charge in [0.2, 0.25) is 0 Å². The summed E-state index contributed by atoms with van der Waals surface area (Å²) >= 11 is 0. The first-order chi connectivity index (χ1) is 7.79. The van der Waals surface area contributed by atoms with Gasteiger partial charge in [0.15, 0.2) is 0 Å². The first kappa shape index (κ1) is 10.8. The molecular formula is C13H13FN2. The van der Waals surface area contributed by atoms with Gasteiger partial charge in [-0.1, -0.05) is 18.2 Å². The van der Waals surface area contributed by atoms with Gasteiger partial charge in [0.1, 0.15) is 5.82 Å². The van der Waals surface area contributed by atoms with Crippen molar-refractivity contribution in [1.29, 1.82) is 0 Å². The fourth-order valence-corrected chi connectivity index (χ4v) is 1.55. The fraction of sp³-hybridized carbons (Fsp3) is 0.154. The van der Waals surface area contributed by atoms with E-state index in [-0.39, 0.29) is 5.82 Å². The van der Waals surface area contributed by atoms with Crippen LogP contribution in [0.1, 0.15) is 5.69 Å². The summed E-state index contributed by atoms with van der Waals surface area (Å²) in [5.41, 5.74) is 2.76. The summed E-state index contributed by atoms with van der Waals surface area (Å²) in [5, 5.41) is 3.03. The van der Waals surface area contributed by atoms with Crippen molar-refractivity contribution in [3.05, 3.63) is 54.1 Å². The molecular weight excluding hydrogens is 203 g/mol. The Balaban J connectivity index is 2.27. The molecule has 0 aliphatic carbocycles. The highest BCUT2D eigenvalue weighted by atomic mass is 19.1. The molecule has 1 aromatic carbocycles. The van der Waals surface area contributed by atoms with Crippen LogP contribution in [0.15, 0.2) is 42.6 Å². The van der Waals surface area contributed by atoms with Crippen molar-refractivity contribution in [1.82, 2.24) is 10.3 Å². The first-order valence-electron chi connectivity index (χ1n) is 5.15. The molecule has 0 aliphatic rings. The maximum atomic E-state index is 13.0. The SMILES string of the molecule is CNCc1ccc(-c2cccc(F)c2)cn1. The minimum absolute atomic E-state index is 0.225. The molecule has 1 aromatic heterocycles. The van der Waals surface area contributed by atoms with Gasteiger partial charge in [-0.3, -0.25) is 4.98 Å². The Kier molecular flexibility index (Phi) is 3.27. The maximum Gasteiger partial charge on any atom is 0.123 e. The fourth-order valence-electron chi connectivity index (χ4n) is 1.55. The predicted molar refractivity (Wildman–Crippen MR) is 62.4 cm³/mol. The molecule has 1 heterocycles. The lowest BCUT2D eigenvalue weighted by molar-refractivity contribution is 0.628. The Morgan fingerprint density at radius 1 is 1.19 bits per heavy atom. The molecule has 1 N–H and O–H groups in total. The minimum Gasteiger partial charge on any atom is -0.314 e. The molecule has 0 radical (unpaired) electrons. The number of halogens is 1. The smallest absolute Gasteiger partial charge is 0.123 e. The van der Waals surface area contributed by atoms with Gasteiger partial charge in [-0.25, -0.2) is 4.39 Å². The van der Waals surface area contributed by atoms with Crippen molar-refractivity contribution in [2.75, 3.05) is 7.05 Å². The topological polar surface area (TPSA) is 24.9 Å². The molecule has 0 atom stereocenters. The number of pyridine rings is 1. The third kappa shape index (κ3) is 2.44.